The Bertz CT molecular complexity index is 1540. The largest absolute Gasteiger partial charge is 0.353 e. The molecule has 2 nitrogen and oxygen atoms in total. The molecule has 0 atom stereocenters. The van der Waals surface area contributed by atoms with Gasteiger partial charge in [-0.2, -0.15) is 0 Å². The van der Waals surface area contributed by atoms with Crippen LogP contribution >= 0.6 is 0 Å². The Kier molecular flexibility index (Phi) is 4.51. The van der Waals surface area contributed by atoms with Crippen molar-refractivity contribution >= 4 is 33.2 Å². The van der Waals surface area contributed by atoms with Crippen LogP contribution < -0.4 is 0 Å². The van der Waals surface area contributed by atoms with Crippen LogP contribution in [0.4, 0.5) is 5.69 Å². The normalized spacial score (nSPS) is 12.4. The Hall–Kier alpha value is -3.65. The summed E-state index contributed by atoms with van der Waals surface area (Å²) in [6.45, 7) is 8.75. The fourth-order valence-electron chi connectivity index (χ4n) is 5.19. The van der Waals surface area contributed by atoms with Crippen LogP contribution in [-0.2, 0) is 12.8 Å². The van der Waals surface area contributed by atoms with Gasteiger partial charge in [-0.15, -0.1) is 0 Å². The van der Waals surface area contributed by atoms with E-state index in [2.05, 4.69) is 99.4 Å². The molecule has 1 heterocycles. The molecule has 0 amide bonds. The van der Waals surface area contributed by atoms with Gasteiger partial charge in [0.05, 0.1) is 16.9 Å². The van der Waals surface area contributed by atoms with Crippen molar-refractivity contribution in [3.05, 3.63) is 100 Å². The molecule has 0 spiro atoms. The van der Waals surface area contributed by atoms with Gasteiger partial charge >= 0.3 is 0 Å². The van der Waals surface area contributed by atoms with Crippen molar-refractivity contribution in [1.82, 2.24) is 4.98 Å². The number of hydrogen-bond donors (Lipinski definition) is 1. The van der Waals surface area contributed by atoms with Crippen LogP contribution in [0.2, 0.25) is 0 Å². The van der Waals surface area contributed by atoms with Gasteiger partial charge in [-0.05, 0) is 78.8 Å². The van der Waals surface area contributed by atoms with Crippen molar-refractivity contribution in [2.75, 3.05) is 0 Å². The highest BCUT2D eigenvalue weighted by Gasteiger charge is 2.26. The van der Waals surface area contributed by atoms with E-state index in [4.69, 9.17) is 4.99 Å². The van der Waals surface area contributed by atoms with Crippen molar-refractivity contribution in [2.45, 2.75) is 40.5 Å². The molecule has 0 saturated heterocycles. The highest BCUT2D eigenvalue weighted by atomic mass is 14.8. The van der Waals surface area contributed by atoms with Gasteiger partial charge in [-0.1, -0.05) is 61.9 Å². The third kappa shape index (κ3) is 3.13. The minimum atomic E-state index is 1.01. The number of benzene rings is 4. The fraction of sp³-hybridized carbons (Fsp3) is 0.194. The molecule has 2 heteroatoms. The summed E-state index contributed by atoms with van der Waals surface area (Å²) >= 11 is 0. The van der Waals surface area contributed by atoms with E-state index >= 15 is 0 Å². The number of aromatic nitrogens is 1. The average molecular weight is 429 g/mol. The molecule has 1 aliphatic carbocycles. The van der Waals surface area contributed by atoms with Crippen molar-refractivity contribution in [3.63, 3.8) is 0 Å². The molecule has 1 aromatic heterocycles. The lowest BCUT2D eigenvalue weighted by atomic mass is 10.00. The first-order chi connectivity index (χ1) is 16.1. The molecular formula is C31H28N2. The molecule has 0 aliphatic heterocycles. The number of fused-ring (bicyclic) bond motifs is 6. The Morgan fingerprint density at radius 2 is 1.27 bits per heavy atom. The maximum atomic E-state index is 5.34. The maximum absolute atomic E-state index is 5.34. The maximum Gasteiger partial charge on any atom is 0.0881 e. The molecule has 0 fully saturated rings. The van der Waals surface area contributed by atoms with E-state index in [1.165, 1.54) is 55.3 Å². The lowest BCUT2D eigenvalue weighted by molar-refractivity contribution is 1.14. The SMILES string of the molecule is CCc1ccc2c(c1)-c1cc(CC)ccc1C2=Nc1cc(C)cc2c1[nH]c1ccc(C)cc12. The van der Waals surface area contributed by atoms with E-state index in [1.807, 2.05) is 0 Å². The van der Waals surface area contributed by atoms with Gasteiger partial charge in [0.25, 0.3) is 0 Å². The van der Waals surface area contributed by atoms with Crippen LogP contribution in [0.5, 0.6) is 0 Å². The third-order valence-corrected chi connectivity index (χ3v) is 7.00. The first-order valence-electron chi connectivity index (χ1n) is 11.9. The monoisotopic (exact) mass is 428 g/mol. The van der Waals surface area contributed by atoms with Crippen molar-refractivity contribution in [3.8, 4) is 11.1 Å². The molecule has 33 heavy (non-hydrogen) atoms. The number of aryl methyl sites for hydroxylation is 4. The van der Waals surface area contributed by atoms with Crippen molar-refractivity contribution < 1.29 is 0 Å². The Labute approximate surface area is 195 Å². The number of hydrogen-bond acceptors (Lipinski definition) is 1. The Morgan fingerprint density at radius 3 is 1.91 bits per heavy atom. The van der Waals surface area contributed by atoms with Crippen LogP contribution in [0.3, 0.4) is 0 Å². The fourth-order valence-corrected chi connectivity index (χ4v) is 5.19. The highest BCUT2D eigenvalue weighted by molar-refractivity contribution is 6.26. The summed E-state index contributed by atoms with van der Waals surface area (Å²) in [6.07, 6.45) is 2.07. The molecule has 1 aliphatic rings. The van der Waals surface area contributed by atoms with E-state index in [0.717, 1.165) is 35.3 Å². The molecule has 4 aromatic carbocycles. The summed E-state index contributed by atoms with van der Waals surface area (Å²) in [5, 5.41) is 2.51. The van der Waals surface area contributed by atoms with Crippen LogP contribution in [0.15, 0.2) is 71.7 Å². The Morgan fingerprint density at radius 1 is 0.636 bits per heavy atom. The predicted octanol–water partition coefficient (Wildman–Crippen LogP) is 8.21. The van der Waals surface area contributed by atoms with Gasteiger partial charge in [0.1, 0.15) is 0 Å². The molecule has 0 bridgehead atoms. The van der Waals surface area contributed by atoms with Crippen LogP contribution in [0.25, 0.3) is 32.9 Å². The second-order valence-corrected chi connectivity index (χ2v) is 9.31. The molecule has 1 N–H and O–H groups in total. The van der Waals surface area contributed by atoms with Gasteiger partial charge < -0.3 is 4.98 Å². The van der Waals surface area contributed by atoms with Gasteiger partial charge in [-0.25, -0.2) is 4.99 Å². The Balaban J connectivity index is 1.64. The second-order valence-electron chi connectivity index (χ2n) is 9.31. The van der Waals surface area contributed by atoms with Crippen molar-refractivity contribution in [1.29, 1.82) is 0 Å². The van der Waals surface area contributed by atoms with E-state index in [-0.39, 0.29) is 0 Å². The molecule has 162 valence electrons. The summed E-state index contributed by atoms with van der Waals surface area (Å²) in [4.78, 5) is 9.00. The molecular weight excluding hydrogens is 400 g/mol. The number of rotatable bonds is 3. The highest BCUT2D eigenvalue weighted by Crippen LogP contribution is 2.41. The van der Waals surface area contributed by atoms with E-state index < -0.39 is 0 Å². The lowest BCUT2D eigenvalue weighted by Gasteiger charge is -2.06. The summed E-state index contributed by atoms with van der Waals surface area (Å²) < 4.78 is 0. The standard InChI is InChI=1S/C31H28N2/c1-5-20-8-10-22-24(16-20)25-17-21(6-2)9-11-23(25)30(22)33-29-15-19(4)14-27-26-13-18(3)7-12-28(26)32-31(27)29/h7-17,32H,5-6H2,1-4H3. The van der Waals surface area contributed by atoms with Crippen LogP contribution in [0, 0.1) is 13.8 Å². The summed E-state index contributed by atoms with van der Waals surface area (Å²) in [5.74, 6) is 0. The number of nitrogens with zero attached hydrogens (tertiary/aromatic N) is 1. The first-order valence-corrected chi connectivity index (χ1v) is 11.9. The third-order valence-electron chi connectivity index (χ3n) is 7.00. The van der Waals surface area contributed by atoms with Gasteiger partial charge in [-0.3, -0.25) is 0 Å². The molecule has 5 aromatic rings. The topological polar surface area (TPSA) is 28.1 Å². The number of aromatic amines is 1. The number of aliphatic imine (C=N–C) groups is 1. The van der Waals surface area contributed by atoms with Crippen LogP contribution in [-0.4, -0.2) is 10.7 Å². The van der Waals surface area contributed by atoms with Crippen molar-refractivity contribution in [2.24, 2.45) is 4.99 Å². The van der Waals surface area contributed by atoms with E-state index in [1.54, 1.807) is 0 Å². The minimum absolute atomic E-state index is 1.01. The molecule has 0 unspecified atom stereocenters. The second kappa shape index (κ2) is 7.45. The number of nitrogens with one attached hydrogen (secondary N) is 1. The summed E-state index contributed by atoms with van der Waals surface area (Å²) in [5.41, 5.74) is 14.7. The van der Waals surface area contributed by atoms with Crippen LogP contribution in [0.1, 0.15) is 47.2 Å². The zero-order valence-corrected chi connectivity index (χ0v) is 19.7. The first kappa shape index (κ1) is 20.0. The minimum Gasteiger partial charge on any atom is -0.353 e. The summed E-state index contributed by atoms with van der Waals surface area (Å²) in [6, 6.07) is 24.8. The van der Waals surface area contributed by atoms with E-state index in [0.29, 0.717) is 0 Å². The van der Waals surface area contributed by atoms with Gasteiger partial charge in [0.2, 0.25) is 0 Å². The zero-order valence-electron chi connectivity index (χ0n) is 19.7. The molecule has 6 rings (SSSR count). The summed E-state index contributed by atoms with van der Waals surface area (Å²) in [7, 11) is 0. The lowest BCUT2D eigenvalue weighted by Crippen LogP contribution is -1.98. The predicted molar refractivity (Wildman–Crippen MR) is 141 cm³/mol. The smallest absolute Gasteiger partial charge is 0.0881 e. The van der Waals surface area contributed by atoms with Gasteiger partial charge in [0.15, 0.2) is 0 Å². The van der Waals surface area contributed by atoms with Gasteiger partial charge in [0, 0.05) is 27.4 Å². The molecule has 0 radical (unpaired) electrons. The quantitative estimate of drug-likeness (QED) is 0.294. The zero-order chi connectivity index (χ0) is 22.7. The number of H-pyrrole nitrogens is 1. The molecule has 0 saturated carbocycles. The average Bonchev–Trinajstić information content (AvgIpc) is 3.34. The van der Waals surface area contributed by atoms with E-state index in [9.17, 15) is 0 Å².